The lowest BCUT2D eigenvalue weighted by Gasteiger charge is -2.23. The number of aromatic nitrogens is 2. The van der Waals surface area contributed by atoms with Gasteiger partial charge in [-0.1, -0.05) is 0 Å². The molecule has 29 heavy (non-hydrogen) atoms. The van der Waals surface area contributed by atoms with Crippen LogP contribution >= 0.6 is 12.4 Å². The van der Waals surface area contributed by atoms with Crippen molar-refractivity contribution in [2.24, 2.45) is 7.05 Å². The van der Waals surface area contributed by atoms with E-state index in [9.17, 15) is 8.42 Å². The van der Waals surface area contributed by atoms with Crippen LogP contribution in [-0.4, -0.2) is 24.0 Å². The molecule has 2 aliphatic rings. The Morgan fingerprint density at radius 1 is 1.03 bits per heavy atom. The first-order chi connectivity index (χ1) is 13.5. The van der Waals surface area contributed by atoms with E-state index < -0.39 is 9.84 Å². The zero-order valence-corrected chi connectivity index (χ0v) is 17.6. The van der Waals surface area contributed by atoms with E-state index in [1.807, 2.05) is 30.5 Å². The second kappa shape index (κ2) is 6.36. The van der Waals surface area contributed by atoms with Crippen molar-refractivity contribution in [3.63, 3.8) is 0 Å². The molecule has 2 N–H and O–H groups in total. The summed E-state index contributed by atoms with van der Waals surface area (Å²) in [5.74, 6) is 0. The Bertz CT molecular complexity index is 1370. The van der Waals surface area contributed by atoms with Crippen LogP contribution in [0.4, 0.5) is 0 Å². The van der Waals surface area contributed by atoms with Crippen LogP contribution in [0.5, 0.6) is 0 Å². The van der Waals surface area contributed by atoms with Gasteiger partial charge in [-0.3, -0.25) is 0 Å². The van der Waals surface area contributed by atoms with Crippen LogP contribution in [0.3, 0.4) is 0 Å². The van der Waals surface area contributed by atoms with Gasteiger partial charge < -0.3 is 14.9 Å². The molecule has 0 amide bonds. The summed E-state index contributed by atoms with van der Waals surface area (Å²) in [4.78, 5) is 3.81. The zero-order chi connectivity index (χ0) is 19.0. The number of hydrogen-bond donors (Lipinski definition) is 2. The molecule has 0 radical (unpaired) electrons. The molecule has 2 atom stereocenters. The highest BCUT2D eigenvalue weighted by molar-refractivity contribution is 7.91. The SMILES string of the molecule is Cl.Cn1c2c(c3cc(S(=O)(=O)c4ccc5[nH]ccc5c4)ccc31)C1CCC(C2)N1. The number of benzene rings is 2. The standard InChI is InChI=1S/C22H21N3O2S.ClH/c1-25-20-7-4-16(12-17(20)22-19-5-2-14(24-19)11-21(22)25)28(26,27)15-3-6-18-13(10-15)8-9-23-18;/h3-4,6-10,12,14,19,23-24H,2,5,11H2,1H3;1H. The topological polar surface area (TPSA) is 66.9 Å². The van der Waals surface area contributed by atoms with Gasteiger partial charge in [-0.15, -0.1) is 12.4 Å². The Morgan fingerprint density at radius 2 is 1.83 bits per heavy atom. The Morgan fingerprint density at radius 3 is 2.69 bits per heavy atom. The lowest BCUT2D eigenvalue weighted by Crippen LogP contribution is -2.32. The molecule has 0 aliphatic carbocycles. The second-order valence-corrected chi connectivity index (χ2v) is 9.98. The van der Waals surface area contributed by atoms with Crippen molar-refractivity contribution in [1.82, 2.24) is 14.9 Å². The van der Waals surface area contributed by atoms with Crippen LogP contribution in [0.25, 0.3) is 21.8 Å². The van der Waals surface area contributed by atoms with Crippen LogP contribution < -0.4 is 5.32 Å². The molecule has 2 aliphatic heterocycles. The molecule has 2 bridgehead atoms. The number of aromatic amines is 1. The third-order valence-electron chi connectivity index (χ3n) is 6.51. The summed E-state index contributed by atoms with van der Waals surface area (Å²) >= 11 is 0. The summed E-state index contributed by atoms with van der Waals surface area (Å²) < 4.78 is 28.9. The Kier molecular flexibility index (Phi) is 4.11. The quantitative estimate of drug-likeness (QED) is 0.502. The number of aryl methyl sites for hydroxylation is 1. The van der Waals surface area contributed by atoms with E-state index in [-0.39, 0.29) is 12.4 Å². The number of fused-ring (bicyclic) bond motifs is 7. The highest BCUT2D eigenvalue weighted by Crippen LogP contribution is 2.42. The molecule has 2 aromatic carbocycles. The highest BCUT2D eigenvalue weighted by Gasteiger charge is 2.36. The van der Waals surface area contributed by atoms with E-state index in [0.29, 0.717) is 21.9 Å². The maximum Gasteiger partial charge on any atom is 0.206 e. The van der Waals surface area contributed by atoms with Crippen LogP contribution in [0.15, 0.2) is 58.5 Å². The highest BCUT2D eigenvalue weighted by atomic mass is 35.5. The van der Waals surface area contributed by atoms with Crippen molar-refractivity contribution >= 4 is 44.1 Å². The lowest BCUT2D eigenvalue weighted by molar-refractivity contribution is 0.503. The van der Waals surface area contributed by atoms with Crippen molar-refractivity contribution in [1.29, 1.82) is 0 Å². The predicted molar refractivity (Wildman–Crippen MR) is 117 cm³/mol. The lowest BCUT2D eigenvalue weighted by atomic mass is 9.99. The van der Waals surface area contributed by atoms with Gasteiger partial charge in [0.25, 0.3) is 0 Å². The summed E-state index contributed by atoms with van der Waals surface area (Å²) in [6.45, 7) is 0. The molecule has 6 rings (SSSR count). The van der Waals surface area contributed by atoms with Crippen LogP contribution in [-0.2, 0) is 23.3 Å². The van der Waals surface area contributed by atoms with Crippen LogP contribution in [0, 0.1) is 0 Å². The first kappa shape index (κ1) is 18.7. The molecule has 150 valence electrons. The minimum atomic E-state index is -3.57. The number of H-pyrrole nitrogens is 1. The van der Waals surface area contributed by atoms with Crippen LogP contribution in [0.1, 0.15) is 30.1 Å². The van der Waals surface area contributed by atoms with Crippen molar-refractivity contribution in [2.45, 2.75) is 41.1 Å². The van der Waals surface area contributed by atoms with Crippen molar-refractivity contribution in [3.8, 4) is 0 Å². The average molecular weight is 428 g/mol. The molecule has 5 nitrogen and oxygen atoms in total. The molecule has 1 saturated heterocycles. The third-order valence-corrected chi connectivity index (χ3v) is 8.26. The fourth-order valence-corrected chi connectivity index (χ4v) is 6.41. The number of sulfone groups is 1. The van der Waals surface area contributed by atoms with E-state index in [1.165, 1.54) is 17.7 Å². The fourth-order valence-electron chi connectivity index (χ4n) is 5.08. The van der Waals surface area contributed by atoms with Crippen molar-refractivity contribution in [3.05, 3.63) is 59.9 Å². The minimum absolute atomic E-state index is 0. The molecule has 0 saturated carbocycles. The second-order valence-electron chi connectivity index (χ2n) is 8.03. The van der Waals surface area contributed by atoms with Gasteiger partial charge in [-0.05, 0) is 60.9 Å². The van der Waals surface area contributed by atoms with E-state index in [0.717, 1.165) is 34.6 Å². The molecule has 7 heteroatoms. The Balaban J connectivity index is 0.00000181. The number of halogens is 1. The van der Waals surface area contributed by atoms with Gasteiger partial charge in [0.1, 0.15) is 0 Å². The number of hydrogen-bond acceptors (Lipinski definition) is 3. The van der Waals surface area contributed by atoms with Gasteiger partial charge in [0.05, 0.1) is 9.79 Å². The molecule has 0 spiro atoms. The maximum atomic E-state index is 13.3. The van der Waals surface area contributed by atoms with Crippen LogP contribution in [0.2, 0.25) is 0 Å². The first-order valence-electron chi connectivity index (χ1n) is 9.72. The smallest absolute Gasteiger partial charge is 0.206 e. The van der Waals surface area contributed by atoms with Gasteiger partial charge >= 0.3 is 0 Å². The fraction of sp³-hybridized carbons (Fsp3) is 0.273. The van der Waals surface area contributed by atoms with Gasteiger partial charge in [-0.2, -0.15) is 0 Å². The maximum absolute atomic E-state index is 13.3. The summed E-state index contributed by atoms with van der Waals surface area (Å²) in [7, 11) is -1.48. The number of rotatable bonds is 2. The van der Waals surface area contributed by atoms with E-state index in [2.05, 4.69) is 21.9 Å². The largest absolute Gasteiger partial charge is 0.361 e. The summed E-state index contributed by atoms with van der Waals surface area (Å²) in [6, 6.07) is 13.6. The molecular weight excluding hydrogens is 406 g/mol. The third kappa shape index (κ3) is 2.59. The van der Waals surface area contributed by atoms with Gasteiger partial charge in [0.15, 0.2) is 0 Å². The molecule has 4 aromatic rings. The summed E-state index contributed by atoms with van der Waals surface area (Å²) in [6.07, 6.45) is 5.15. The summed E-state index contributed by atoms with van der Waals surface area (Å²) in [5.41, 5.74) is 4.70. The predicted octanol–water partition coefficient (Wildman–Crippen LogP) is 4.26. The molecule has 4 heterocycles. The van der Waals surface area contributed by atoms with Crippen molar-refractivity contribution in [2.75, 3.05) is 0 Å². The average Bonchev–Trinajstić information content (AvgIpc) is 3.39. The Labute approximate surface area is 175 Å². The molecule has 2 aromatic heterocycles. The van der Waals surface area contributed by atoms with Crippen molar-refractivity contribution < 1.29 is 8.42 Å². The summed E-state index contributed by atoms with van der Waals surface area (Å²) in [5, 5.41) is 5.66. The van der Waals surface area contributed by atoms with Gasteiger partial charge in [-0.25, -0.2) is 8.42 Å². The number of nitrogens with zero attached hydrogens (tertiary/aromatic N) is 1. The van der Waals surface area contributed by atoms with E-state index in [4.69, 9.17) is 0 Å². The zero-order valence-electron chi connectivity index (χ0n) is 16.0. The number of nitrogens with one attached hydrogen (secondary N) is 2. The molecule has 1 fully saturated rings. The minimum Gasteiger partial charge on any atom is -0.361 e. The first-order valence-corrected chi connectivity index (χ1v) is 11.2. The van der Waals surface area contributed by atoms with Gasteiger partial charge in [0.2, 0.25) is 9.84 Å². The Hall–Kier alpha value is -2.28. The monoisotopic (exact) mass is 427 g/mol. The van der Waals surface area contributed by atoms with E-state index >= 15 is 0 Å². The van der Waals surface area contributed by atoms with E-state index in [1.54, 1.807) is 18.2 Å². The molecule has 2 unspecified atom stereocenters. The normalized spacial score (nSPS) is 20.7. The molecular formula is C22H22ClN3O2S. The van der Waals surface area contributed by atoms with Gasteiger partial charge in [0, 0.05) is 59.2 Å².